The minimum atomic E-state index is -1.33. The molecule has 0 radical (unpaired) electrons. The van der Waals surface area contributed by atoms with Crippen molar-refractivity contribution in [3.63, 3.8) is 0 Å². The Labute approximate surface area is 122 Å². The molecule has 1 aliphatic rings. The Hall–Kier alpha value is -2.08. The minimum Gasteiger partial charge on any atom is -0.508 e. The molecule has 1 saturated heterocycles. The number of aliphatic hydroxyl groups is 1. The average Bonchev–Trinajstić information content (AvgIpc) is 2.96. The molecule has 1 aromatic rings. The number of esters is 1. The van der Waals surface area contributed by atoms with E-state index in [0.29, 0.717) is 18.5 Å². The Kier molecular flexibility index (Phi) is 4.80. The molecule has 0 saturated carbocycles. The van der Waals surface area contributed by atoms with Gasteiger partial charge in [0.2, 0.25) is 0 Å². The van der Waals surface area contributed by atoms with Gasteiger partial charge in [-0.25, -0.2) is 4.79 Å². The van der Waals surface area contributed by atoms with Gasteiger partial charge in [0.1, 0.15) is 5.75 Å². The van der Waals surface area contributed by atoms with Crippen molar-refractivity contribution < 1.29 is 24.5 Å². The number of aliphatic hydroxyl groups excluding tert-OH is 1. The maximum atomic E-state index is 12.4. The normalized spacial score (nSPS) is 19.3. The maximum absolute atomic E-state index is 12.4. The van der Waals surface area contributed by atoms with Gasteiger partial charge in [-0.05, 0) is 44.0 Å². The number of ether oxygens (including phenoxy) is 1. The van der Waals surface area contributed by atoms with Crippen molar-refractivity contribution in [2.45, 2.75) is 31.9 Å². The highest BCUT2D eigenvalue weighted by Crippen LogP contribution is 2.24. The first kappa shape index (κ1) is 15.3. The first-order chi connectivity index (χ1) is 10.0. The Morgan fingerprint density at radius 2 is 2.05 bits per heavy atom. The highest BCUT2D eigenvalue weighted by Gasteiger charge is 2.38. The van der Waals surface area contributed by atoms with Crippen LogP contribution in [0.5, 0.6) is 5.75 Å². The van der Waals surface area contributed by atoms with Crippen molar-refractivity contribution in [1.29, 1.82) is 0 Å². The highest BCUT2D eigenvalue weighted by molar-refractivity contribution is 5.95. The number of amides is 1. The van der Waals surface area contributed by atoms with E-state index in [4.69, 9.17) is 4.74 Å². The van der Waals surface area contributed by atoms with E-state index in [2.05, 4.69) is 0 Å². The predicted molar refractivity (Wildman–Crippen MR) is 74.8 cm³/mol. The Morgan fingerprint density at radius 1 is 1.38 bits per heavy atom. The van der Waals surface area contributed by atoms with E-state index in [1.54, 1.807) is 6.92 Å². The number of benzene rings is 1. The van der Waals surface area contributed by atoms with Crippen molar-refractivity contribution in [3.8, 4) is 5.75 Å². The fraction of sp³-hybridized carbons (Fsp3) is 0.467. The number of carbonyl (C=O) groups is 2. The third-order valence-corrected chi connectivity index (χ3v) is 3.57. The average molecular weight is 293 g/mol. The molecular formula is C15H19NO5. The van der Waals surface area contributed by atoms with E-state index in [0.717, 1.165) is 6.42 Å². The summed E-state index contributed by atoms with van der Waals surface area (Å²) in [5.41, 5.74) is 0.413. The number of hydrogen-bond donors (Lipinski definition) is 2. The van der Waals surface area contributed by atoms with Gasteiger partial charge < -0.3 is 19.8 Å². The van der Waals surface area contributed by atoms with Gasteiger partial charge in [0.05, 0.1) is 12.6 Å². The Balaban J connectivity index is 2.12. The van der Waals surface area contributed by atoms with Crippen LogP contribution in [0, 0.1) is 0 Å². The zero-order valence-electron chi connectivity index (χ0n) is 11.9. The van der Waals surface area contributed by atoms with Crippen molar-refractivity contribution >= 4 is 11.9 Å². The second-order valence-corrected chi connectivity index (χ2v) is 4.95. The first-order valence-corrected chi connectivity index (χ1v) is 6.99. The minimum absolute atomic E-state index is 0.0797. The molecule has 1 amide bonds. The van der Waals surface area contributed by atoms with Crippen LogP contribution in [0.2, 0.25) is 0 Å². The maximum Gasteiger partial charge on any atom is 0.337 e. The van der Waals surface area contributed by atoms with E-state index in [9.17, 15) is 19.8 Å². The van der Waals surface area contributed by atoms with Gasteiger partial charge in [0.15, 0.2) is 6.10 Å². The lowest BCUT2D eigenvalue weighted by molar-refractivity contribution is -0.155. The summed E-state index contributed by atoms with van der Waals surface area (Å²) in [6.45, 7) is 2.34. The number of phenols is 1. The number of carbonyl (C=O) groups excluding carboxylic acids is 2. The monoisotopic (exact) mass is 293 g/mol. The second kappa shape index (κ2) is 6.58. The molecule has 1 heterocycles. The van der Waals surface area contributed by atoms with Gasteiger partial charge in [-0.1, -0.05) is 0 Å². The molecule has 0 spiro atoms. The molecule has 0 aromatic heterocycles. The van der Waals surface area contributed by atoms with Crippen LogP contribution >= 0.6 is 0 Å². The molecule has 2 rings (SSSR count). The lowest BCUT2D eigenvalue weighted by Gasteiger charge is -2.27. The molecule has 0 unspecified atom stereocenters. The van der Waals surface area contributed by atoms with Crippen LogP contribution in [-0.4, -0.2) is 52.3 Å². The summed E-state index contributed by atoms with van der Waals surface area (Å²) in [5.74, 6) is -0.884. The molecule has 114 valence electrons. The zero-order chi connectivity index (χ0) is 15.4. The van der Waals surface area contributed by atoms with Crippen LogP contribution in [0.4, 0.5) is 0 Å². The van der Waals surface area contributed by atoms with Crippen LogP contribution in [0.1, 0.15) is 30.1 Å². The van der Waals surface area contributed by atoms with Crippen LogP contribution in [0.3, 0.4) is 0 Å². The van der Waals surface area contributed by atoms with Crippen LogP contribution in [-0.2, 0) is 9.53 Å². The number of likely N-dealkylation sites (tertiary alicyclic amines) is 1. The molecule has 1 aromatic carbocycles. The van der Waals surface area contributed by atoms with Crippen molar-refractivity contribution in [2.75, 3.05) is 13.2 Å². The van der Waals surface area contributed by atoms with Gasteiger partial charge in [-0.3, -0.25) is 4.79 Å². The molecule has 6 nitrogen and oxygen atoms in total. The molecule has 1 fully saturated rings. The Bertz CT molecular complexity index is 513. The molecular weight excluding hydrogens is 274 g/mol. The quantitative estimate of drug-likeness (QED) is 0.806. The summed E-state index contributed by atoms with van der Waals surface area (Å²) in [4.78, 5) is 25.6. The second-order valence-electron chi connectivity index (χ2n) is 4.95. The summed E-state index contributed by atoms with van der Waals surface area (Å²) in [6.07, 6.45) is -0.0390. The van der Waals surface area contributed by atoms with Crippen molar-refractivity contribution in [2.24, 2.45) is 0 Å². The van der Waals surface area contributed by atoms with E-state index >= 15 is 0 Å². The summed E-state index contributed by atoms with van der Waals surface area (Å²) in [5, 5.41) is 19.3. The fourth-order valence-electron chi connectivity index (χ4n) is 2.53. The smallest absolute Gasteiger partial charge is 0.337 e. The van der Waals surface area contributed by atoms with Gasteiger partial charge in [-0.2, -0.15) is 0 Å². The van der Waals surface area contributed by atoms with Crippen LogP contribution in [0.15, 0.2) is 24.3 Å². The van der Waals surface area contributed by atoms with Crippen LogP contribution < -0.4 is 0 Å². The van der Waals surface area contributed by atoms with E-state index in [1.807, 2.05) is 0 Å². The first-order valence-electron chi connectivity index (χ1n) is 6.99. The van der Waals surface area contributed by atoms with E-state index in [1.165, 1.54) is 29.2 Å². The van der Waals surface area contributed by atoms with Gasteiger partial charge in [0, 0.05) is 12.1 Å². The summed E-state index contributed by atoms with van der Waals surface area (Å²) in [7, 11) is 0. The molecule has 2 N–H and O–H groups in total. The highest BCUT2D eigenvalue weighted by atomic mass is 16.5. The van der Waals surface area contributed by atoms with E-state index in [-0.39, 0.29) is 18.3 Å². The number of hydrogen-bond acceptors (Lipinski definition) is 5. The molecule has 0 bridgehead atoms. The fourth-order valence-corrected chi connectivity index (χ4v) is 2.53. The summed E-state index contributed by atoms with van der Waals surface area (Å²) < 4.78 is 4.81. The van der Waals surface area contributed by atoms with Gasteiger partial charge >= 0.3 is 5.97 Å². The van der Waals surface area contributed by atoms with Crippen LogP contribution in [0.25, 0.3) is 0 Å². The number of nitrogens with zero attached hydrogens (tertiary/aromatic N) is 1. The lowest BCUT2D eigenvalue weighted by Crippen LogP contribution is -2.46. The molecule has 6 heteroatoms. The summed E-state index contributed by atoms with van der Waals surface area (Å²) >= 11 is 0. The SMILES string of the molecule is CCOC(=O)[C@H](O)[C@@H]1CCCN1C(=O)c1ccc(O)cc1. The van der Waals surface area contributed by atoms with Crippen molar-refractivity contribution in [1.82, 2.24) is 4.90 Å². The standard InChI is InChI=1S/C15H19NO5/c1-2-21-15(20)13(18)12-4-3-9-16(12)14(19)10-5-7-11(17)8-6-10/h5-8,12-13,17-18H,2-4,9H2,1H3/t12-,13+/m0/s1. The van der Waals surface area contributed by atoms with Gasteiger partial charge in [-0.15, -0.1) is 0 Å². The molecule has 1 aliphatic heterocycles. The number of phenolic OH excluding ortho intramolecular Hbond substituents is 1. The summed E-state index contributed by atoms with van der Waals surface area (Å²) in [6, 6.07) is 5.33. The topological polar surface area (TPSA) is 87.1 Å². The van der Waals surface area contributed by atoms with E-state index < -0.39 is 18.1 Å². The number of rotatable bonds is 4. The third-order valence-electron chi connectivity index (χ3n) is 3.57. The van der Waals surface area contributed by atoms with Gasteiger partial charge in [0.25, 0.3) is 5.91 Å². The zero-order valence-corrected chi connectivity index (χ0v) is 11.9. The third kappa shape index (κ3) is 3.33. The lowest BCUT2D eigenvalue weighted by atomic mass is 10.1. The predicted octanol–water partition coefficient (Wildman–Crippen LogP) is 0.921. The largest absolute Gasteiger partial charge is 0.508 e. The van der Waals surface area contributed by atoms with Crippen molar-refractivity contribution in [3.05, 3.63) is 29.8 Å². The molecule has 21 heavy (non-hydrogen) atoms. The number of aromatic hydroxyl groups is 1. The Morgan fingerprint density at radius 3 is 2.67 bits per heavy atom. The molecule has 0 aliphatic carbocycles. The molecule has 2 atom stereocenters.